The van der Waals surface area contributed by atoms with Crippen molar-refractivity contribution in [3.05, 3.63) is 65.1 Å². The van der Waals surface area contributed by atoms with Gasteiger partial charge in [-0.15, -0.1) is 15.0 Å². The summed E-state index contributed by atoms with van der Waals surface area (Å²) in [6.45, 7) is -0.443. The molecule has 0 aliphatic rings. The molecule has 0 unspecified atom stereocenters. The van der Waals surface area contributed by atoms with Crippen molar-refractivity contribution in [1.29, 1.82) is 0 Å². The molecule has 138 valence electrons. The molecule has 3 aromatic rings. The minimum absolute atomic E-state index is 0.0237. The second-order valence-electron chi connectivity index (χ2n) is 5.30. The van der Waals surface area contributed by atoms with Crippen LogP contribution < -0.4 is 15.8 Å². The van der Waals surface area contributed by atoms with Crippen molar-refractivity contribution in [2.75, 3.05) is 11.9 Å². The van der Waals surface area contributed by atoms with E-state index in [0.29, 0.717) is 5.69 Å². The van der Waals surface area contributed by atoms with E-state index in [0.717, 1.165) is 12.1 Å². The van der Waals surface area contributed by atoms with Crippen molar-refractivity contribution >= 4 is 29.2 Å². The highest BCUT2D eigenvalue weighted by molar-refractivity contribution is 6.32. The minimum atomic E-state index is -0.852. The molecule has 0 aliphatic carbocycles. The number of rotatable bonds is 6. The normalized spacial score (nSPS) is 10.4. The van der Waals surface area contributed by atoms with Gasteiger partial charge < -0.3 is 15.8 Å². The van der Waals surface area contributed by atoms with Crippen LogP contribution in [0.3, 0.4) is 0 Å². The topological polar surface area (TPSA) is 112 Å². The van der Waals surface area contributed by atoms with E-state index < -0.39 is 24.2 Å². The third kappa shape index (κ3) is 4.39. The summed E-state index contributed by atoms with van der Waals surface area (Å²) < 4.78 is 18.3. The Balaban J connectivity index is 1.73. The number of nitrogens with two attached hydrogens (primary N) is 1. The zero-order valence-corrected chi connectivity index (χ0v) is 14.5. The summed E-state index contributed by atoms with van der Waals surface area (Å²) in [7, 11) is 0. The monoisotopic (exact) mass is 389 g/mol. The maximum Gasteiger partial charge on any atom is 0.273 e. The average Bonchev–Trinajstić information content (AvgIpc) is 3.06. The zero-order valence-electron chi connectivity index (χ0n) is 13.7. The van der Waals surface area contributed by atoms with Crippen LogP contribution in [0.1, 0.15) is 10.5 Å². The summed E-state index contributed by atoms with van der Waals surface area (Å²) in [5.41, 5.74) is 5.67. The maximum absolute atomic E-state index is 13.0. The smallest absolute Gasteiger partial charge is 0.273 e. The lowest BCUT2D eigenvalue weighted by atomic mass is 10.3. The Morgan fingerprint density at radius 3 is 2.59 bits per heavy atom. The Labute approximate surface area is 157 Å². The molecule has 0 atom stereocenters. The van der Waals surface area contributed by atoms with Gasteiger partial charge in [-0.25, -0.2) is 4.39 Å². The first kappa shape index (κ1) is 18.3. The highest BCUT2D eigenvalue weighted by Crippen LogP contribution is 2.24. The van der Waals surface area contributed by atoms with E-state index >= 15 is 0 Å². The molecule has 27 heavy (non-hydrogen) atoms. The zero-order chi connectivity index (χ0) is 19.4. The van der Waals surface area contributed by atoms with Crippen LogP contribution >= 0.6 is 11.6 Å². The highest BCUT2D eigenvalue weighted by atomic mass is 35.5. The molecule has 0 aliphatic heterocycles. The predicted molar refractivity (Wildman–Crippen MR) is 95.4 cm³/mol. The van der Waals surface area contributed by atoms with Crippen molar-refractivity contribution in [3.63, 3.8) is 0 Å². The number of anilines is 1. The van der Waals surface area contributed by atoms with Crippen molar-refractivity contribution in [2.24, 2.45) is 5.73 Å². The molecular formula is C17H13ClFN5O3. The van der Waals surface area contributed by atoms with Gasteiger partial charge >= 0.3 is 0 Å². The van der Waals surface area contributed by atoms with Gasteiger partial charge in [-0.05, 0) is 30.3 Å². The van der Waals surface area contributed by atoms with E-state index in [1.54, 1.807) is 24.3 Å². The lowest BCUT2D eigenvalue weighted by Gasteiger charge is -2.07. The summed E-state index contributed by atoms with van der Waals surface area (Å²) in [5, 5.41) is 10.5. The number of amides is 2. The molecule has 3 N–H and O–H groups in total. The molecule has 2 aromatic carbocycles. The third-order valence-electron chi connectivity index (χ3n) is 3.34. The first-order valence-electron chi connectivity index (χ1n) is 7.64. The van der Waals surface area contributed by atoms with E-state index in [9.17, 15) is 14.0 Å². The van der Waals surface area contributed by atoms with Crippen LogP contribution in [0.15, 0.2) is 48.5 Å². The van der Waals surface area contributed by atoms with Gasteiger partial charge in [-0.3, -0.25) is 9.59 Å². The van der Waals surface area contributed by atoms with Crippen LogP contribution in [-0.2, 0) is 4.79 Å². The van der Waals surface area contributed by atoms with E-state index in [2.05, 4.69) is 15.5 Å². The van der Waals surface area contributed by atoms with Gasteiger partial charge in [-0.2, -0.15) is 0 Å². The molecule has 0 bridgehead atoms. The molecule has 0 saturated heterocycles. The number of nitrogens with one attached hydrogen (secondary N) is 1. The predicted octanol–water partition coefficient (Wildman–Crippen LogP) is 2.18. The number of ether oxygens (including phenoxy) is 1. The molecule has 2 amide bonds. The first-order chi connectivity index (χ1) is 12.9. The number of hydrogen-bond donors (Lipinski definition) is 2. The van der Waals surface area contributed by atoms with E-state index in [1.807, 2.05) is 6.07 Å². The number of nitrogens with zero attached hydrogens (tertiary/aromatic N) is 3. The number of benzene rings is 2. The summed E-state index contributed by atoms with van der Waals surface area (Å²) in [5.74, 6) is -1.98. The van der Waals surface area contributed by atoms with Crippen LogP contribution in [0.4, 0.5) is 10.2 Å². The average molecular weight is 390 g/mol. The van der Waals surface area contributed by atoms with Gasteiger partial charge in [0.25, 0.3) is 11.8 Å². The number of carbonyl (C=O) groups excluding carboxylic acids is 2. The SMILES string of the molecule is NC(=O)c1nn(-c2ccccc2)nc1NC(=O)COc1ccc(F)cc1Cl. The molecule has 8 nitrogen and oxygen atoms in total. The van der Waals surface area contributed by atoms with E-state index in [1.165, 1.54) is 10.9 Å². The Morgan fingerprint density at radius 1 is 1.19 bits per heavy atom. The summed E-state index contributed by atoms with van der Waals surface area (Å²) in [6.07, 6.45) is 0. The number of para-hydroxylation sites is 1. The summed E-state index contributed by atoms with van der Waals surface area (Å²) >= 11 is 5.83. The van der Waals surface area contributed by atoms with Gasteiger partial charge in [-0.1, -0.05) is 29.8 Å². The molecule has 0 spiro atoms. The number of carbonyl (C=O) groups is 2. The fourth-order valence-electron chi connectivity index (χ4n) is 2.14. The third-order valence-corrected chi connectivity index (χ3v) is 3.64. The quantitative estimate of drug-likeness (QED) is 0.671. The van der Waals surface area contributed by atoms with Gasteiger partial charge in [0.1, 0.15) is 11.6 Å². The fourth-order valence-corrected chi connectivity index (χ4v) is 2.36. The number of aromatic nitrogens is 3. The fraction of sp³-hybridized carbons (Fsp3) is 0.0588. The maximum atomic E-state index is 13.0. The van der Waals surface area contributed by atoms with Crippen LogP contribution in [0.5, 0.6) is 5.75 Å². The van der Waals surface area contributed by atoms with Gasteiger partial charge in [0.2, 0.25) is 0 Å². The molecular weight excluding hydrogens is 377 g/mol. The minimum Gasteiger partial charge on any atom is -0.482 e. The van der Waals surface area contributed by atoms with E-state index in [-0.39, 0.29) is 22.3 Å². The Kier molecular flexibility index (Phi) is 5.32. The molecule has 0 fully saturated rings. The van der Waals surface area contributed by atoms with Crippen LogP contribution in [0.25, 0.3) is 5.69 Å². The number of primary amides is 1. The van der Waals surface area contributed by atoms with Crippen LogP contribution in [-0.4, -0.2) is 33.4 Å². The lowest BCUT2D eigenvalue weighted by molar-refractivity contribution is -0.118. The molecule has 0 saturated carbocycles. The Morgan fingerprint density at radius 2 is 1.93 bits per heavy atom. The second-order valence-corrected chi connectivity index (χ2v) is 5.71. The number of hydrogen-bond acceptors (Lipinski definition) is 5. The van der Waals surface area contributed by atoms with Gasteiger partial charge in [0, 0.05) is 0 Å². The van der Waals surface area contributed by atoms with Crippen molar-refractivity contribution in [3.8, 4) is 11.4 Å². The molecule has 1 aromatic heterocycles. The van der Waals surface area contributed by atoms with Crippen molar-refractivity contribution in [2.45, 2.75) is 0 Å². The van der Waals surface area contributed by atoms with Gasteiger partial charge in [0.05, 0.1) is 10.7 Å². The largest absolute Gasteiger partial charge is 0.482 e. The van der Waals surface area contributed by atoms with E-state index in [4.69, 9.17) is 22.1 Å². The van der Waals surface area contributed by atoms with Crippen molar-refractivity contribution in [1.82, 2.24) is 15.0 Å². The Hall–Kier alpha value is -3.46. The summed E-state index contributed by atoms with van der Waals surface area (Å²) in [4.78, 5) is 24.9. The molecule has 0 radical (unpaired) electrons. The summed E-state index contributed by atoms with van der Waals surface area (Å²) in [6, 6.07) is 12.3. The first-order valence-corrected chi connectivity index (χ1v) is 8.02. The standard InChI is InChI=1S/C17H13ClFN5O3/c18-12-8-10(19)6-7-13(12)27-9-14(25)21-17-15(16(20)26)22-24(23-17)11-4-2-1-3-5-11/h1-8H,9H2,(H2,20,26)(H,21,23,25). The molecule has 1 heterocycles. The number of halogens is 2. The van der Waals surface area contributed by atoms with Gasteiger partial charge in [0.15, 0.2) is 18.1 Å². The molecule has 3 rings (SSSR count). The second kappa shape index (κ2) is 7.83. The van der Waals surface area contributed by atoms with Crippen molar-refractivity contribution < 1.29 is 18.7 Å². The molecule has 10 heteroatoms. The lowest BCUT2D eigenvalue weighted by Crippen LogP contribution is -2.23. The van der Waals surface area contributed by atoms with Crippen LogP contribution in [0, 0.1) is 5.82 Å². The highest BCUT2D eigenvalue weighted by Gasteiger charge is 2.19. The Bertz CT molecular complexity index is 993. The van der Waals surface area contributed by atoms with Crippen LogP contribution in [0.2, 0.25) is 5.02 Å².